The van der Waals surface area contributed by atoms with Gasteiger partial charge in [-0.05, 0) is 116 Å². The van der Waals surface area contributed by atoms with Gasteiger partial charge in [0.25, 0.3) is 0 Å². The molecule has 0 bridgehead atoms. The summed E-state index contributed by atoms with van der Waals surface area (Å²) in [6, 6.07) is 0. The zero-order chi connectivity index (χ0) is 24.9. The minimum atomic E-state index is -0.358. The Bertz CT molecular complexity index is 904. The minimum Gasteiger partial charge on any atom is -0.469 e. The predicted molar refractivity (Wildman–Crippen MR) is 137 cm³/mol. The van der Waals surface area contributed by atoms with Crippen LogP contribution >= 0.6 is 0 Å². The molecule has 5 rings (SSSR count). The van der Waals surface area contributed by atoms with Gasteiger partial charge in [0.1, 0.15) is 0 Å². The molecular formula is C31H50O3. The third-order valence-corrected chi connectivity index (χ3v) is 13.5. The van der Waals surface area contributed by atoms with E-state index in [-0.39, 0.29) is 39.1 Å². The molecule has 4 fully saturated rings. The van der Waals surface area contributed by atoms with Crippen LogP contribution in [0.3, 0.4) is 0 Å². The molecule has 3 nitrogen and oxygen atoms in total. The van der Waals surface area contributed by atoms with E-state index in [4.69, 9.17) is 4.74 Å². The lowest BCUT2D eigenvalue weighted by molar-refractivity contribution is -0.203. The fraction of sp³-hybridized carbons (Fsp3) is 0.903. The van der Waals surface area contributed by atoms with E-state index < -0.39 is 0 Å². The molecule has 34 heavy (non-hydrogen) atoms. The van der Waals surface area contributed by atoms with Gasteiger partial charge in [-0.15, -0.1) is 0 Å². The summed E-state index contributed by atoms with van der Waals surface area (Å²) in [5.41, 5.74) is 2.39. The molecule has 0 amide bonds. The Hall–Kier alpha value is -0.830. The third kappa shape index (κ3) is 2.94. The lowest BCUT2D eigenvalue weighted by atomic mass is 9.33. The molecule has 0 aromatic rings. The van der Waals surface area contributed by atoms with Gasteiger partial charge >= 0.3 is 5.97 Å². The van der Waals surface area contributed by atoms with Crippen molar-refractivity contribution in [3.63, 3.8) is 0 Å². The number of fused-ring (bicyclic) bond motifs is 7. The molecule has 0 aromatic carbocycles. The Balaban J connectivity index is 1.56. The van der Waals surface area contributed by atoms with Crippen molar-refractivity contribution < 1.29 is 14.6 Å². The van der Waals surface area contributed by atoms with Crippen molar-refractivity contribution in [2.45, 2.75) is 119 Å². The molecule has 0 unspecified atom stereocenters. The van der Waals surface area contributed by atoms with E-state index in [0.29, 0.717) is 23.2 Å². The Morgan fingerprint density at radius 2 is 1.59 bits per heavy atom. The van der Waals surface area contributed by atoms with Crippen LogP contribution in [0, 0.1) is 50.2 Å². The van der Waals surface area contributed by atoms with E-state index in [9.17, 15) is 9.90 Å². The summed E-state index contributed by atoms with van der Waals surface area (Å²) in [6.45, 7) is 17.1. The van der Waals surface area contributed by atoms with Crippen LogP contribution in [-0.4, -0.2) is 24.3 Å². The minimum absolute atomic E-state index is 0.00391. The molecule has 0 aliphatic heterocycles. The van der Waals surface area contributed by atoms with Crippen LogP contribution < -0.4 is 0 Å². The van der Waals surface area contributed by atoms with Crippen LogP contribution in [0.25, 0.3) is 0 Å². The Labute approximate surface area is 208 Å². The molecular weight excluding hydrogens is 420 g/mol. The zero-order valence-electron chi connectivity index (χ0n) is 23.2. The normalized spacial score (nSPS) is 54.0. The summed E-state index contributed by atoms with van der Waals surface area (Å²) >= 11 is 0. The van der Waals surface area contributed by atoms with Crippen molar-refractivity contribution in [2.24, 2.45) is 50.2 Å². The van der Waals surface area contributed by atoms with Gasteiger partial charge in [0.2, 0.25) is 0 Å². The second-order valence-corrected chi connectivity index (χ2v) is 15.1. The van der Waals surface area contributed by atoms with Crippen LogP contribution in [-0.2, 0) is 9.53 Å². The molecule has 1 N–H and O–H groups in total. The average molecular weight is 471 g/mol. The van der Waals surface area contributed by atoms with E-state index in [1.807, 2.05) is 0 Å². The van der Waals surface area contributed by atoms with E-state index in [1.54, 1.807) is 12.7 Å². The molecule has 192 valence electrons. The number of esters is 1. The highest BCUT2D eigenvalue weighted by molar-refractivity contribution is 5.76. The maximum atomic E-state index is 12.8. The fourth-order valence-corrected chi connectivity index (χ4v) is 10.8. The van der Waals surface area contributed by atoms with Crippen LogP contribution in [0.1, 0.15) is 113 Å². The second-order valence-electron chi connectivity index (χ2n) is 15.1. The van der Waals surface area contributed by atoms with Gasteiger partial charge < -0.3 is 9.84 Å². The largest absolute Gasteiger partial charge is 0.469 e. The van der Waals surface area contributed by atoms with Gasteiger partial charge in [0.15, 0.2) is 0 Å². The second kappa shape index (κ2) is 7.36. The van der Waals surface area contributed by atoms with Gasteiger partial charge in [-0.3, -0.25) is 4.79 Å². The third-order valence-electron chi connectivity index (χ3n) is 13.5. The van der Waals surface area contributed by atoms with Gasteiger partial charge in [-0.1, -0.05) is 53.2 Å². The highest BCUT2D eigenvalue weighted by atomic mass is 16.5. The highest BCUT2D eigenvalue weighted by Crippen LogP contribution is 2.75. The van der Waals surface area contributed by atoms with Crippen LogP contribution in [0.15, 0.2) is 11.6 Å². The smallest absolute Gasteiger partial charge is 0.311 e. The fourth-order valence-electron chi connectivity index (χ4n) is 10.8. The van der Waals surface area contributed by atoms with Gasteiger partial charge in [-0.25, -0.2) is 0 Å². The zero-order valence-corrected chi connectivity index (χ0v) is 23.2. The quantitative estimate of drug-likeness (QED) is 0.322. The molecule has 0 heterocycles. The topological polar surface area (TPSA) is 46.5 Å². The highest BCUT2D eigenvalue weighted by Gasteiger charge is 2.68. The van der Waals surface area contributed by atoms with Crippen LogP contribution in [0.5, 0.6) is 0 Å². The number of aliphatic hydroxyl groups excluding tert-OH is 1. The van der Waals surface area contributed by atoms with Gasteiger partial charge in [0.05, 0.1) is 18.6 Å². The maximum absolute atomic E-state index is 12.8. The summed E-state index contributed by atoms with van der Waals surface area (Å²) in [7, 11) is 1.56. The molecule has 3 heteroatoms. The number of carbonyl (C=O) groups excluding carboxylic acids is 1. The summed E-state index contributed by atoms with van der Waals surface area (Å²) in [4.78, 5) is 12.8. The Morgan fingerprint density at radius 3 is 2.26 bits per heavy atom. The van der Waals surface area contributed by atoms with Crippen molar-refractivity contribution in [3.05, 3.63) is 11.6 Å². The molecule has 9 atom stereocenters. The van der Waals surface area contributed by atoms with E-state index in [0.717, 1.165) is 32.1 Å². The summed E-state index contributed by atoms with van der Waals surface area (Å²) < 4.78 is 5.29. The van der Waals surface area contributed by atoms with Crippen LogP contribution in [0.4, 0.5) is 0 Å². The molecule has 5 aliphatic rings. The van der Waals surface area contributed by atoms with E-state index in [2.05, 4.69) is 54.5 Å². The lowest BCUT2D eigenvalue weighted by Gasteiger charge is -2.71. The van der Waals surface area contributed by atoms with Crippen molar-refractivity contribution in [2.75, 3.05) is 7.11 Å². The number of methoxy groups -OCH3 is 1. The molecule has 4 saturated carbocycles. The Kier molecular flexibility index (Phi) is 5.38. The van der Waals surface area contributed by atoms with Crippen molar-refractivity contribution >= 4 is 5.97 Å². The maximum Gasteiger partial charge on any atom is 0.311 e. The molecule has 5 aliphatic carbocycles. The Morgan fingerprint density at radius 1 is 0.912 bits per heavy atom. The first kappa shape index (κ1) is 24.8. The number of rotatable bonds is 1. The number of ether oxygens (including phenoxy) is 1. The number of aliphatic hydroxyl groups is 1. The molecule has 0 aromatic heterocycles. The van der Waals surface area contributed by atoms with E-state index in [1.165, 1.54) is 32.1 Å². The van der Waals surface area contributed by atoms with Gasteiger partial charge in [0, 0.05) is 0 Å². The first-order valence-corrected chi connectivity index (χ1v) is 14.2. The standard InChI is InChI=1S/C31H50O3/c1-26(2)22-11-14-31(7)23(29(22,5)13-12-24(26)32)10-9-20-21-19-28(4,25(33)34-8)16-15-27(21,3)17-18-30(20,31)6/h9,21-24,32H,10-19H2,1-8H3/t21-,22-,23+,24+,27+,28-,29-,30+,31+/m0/s1. The summed E-state index contributed by atoms with van der Waals surface area (Å²) in [5.74, 6) is 1.72. The van der Waals surface area contributed by atoms with Gasteiger partial charge in [-0.2, -0.15) is 0 Å². The first-order chi connectivity index (χ1) is 15.7. The van der Waals surface area contributed by atoms with Crippen molar-refractivity contribution in [1.29, 1.82) is 0 Å². The van der Waals surface area contributed by atoms with E-state index >= 15 is 0 Å². The molecule has 0 saturated heterocycles. The van der Waals surface area contributed by atoms with Crippen molar-refractivity contribution in [1.82, 2.24) is 0 Å². The summed E-state index contributed by atoms with van der Waals surface area (Å²) in [5, 5.41) is 10.9. The number of hydrogen-bond acceptors (Lipinski definition) is 3. The number of allylic oxidation sites excluding steroid dienone is 2. The molecule has 0 radical (unpaired) electrons. The molecule has 0 spiro atoms. The number of hydrogen-bond donors (Lipinski definition) is 1. The first-order valence-electron chi connectivity index (χ1n) is 14.2. The van der Waals surface area contributed by atoms with Crippen molar-refractivity contribution in [3.8, 4) is 0 Å². The summed E-state index contributed by atoms with van der Waals surface area (Å²) in [6.07, 6.45) is 13.8. The SMILES string of the molecule is COC(=O)[C@@]1(C)CC[C@]2(C)CC[C@]3(C)C(=CC[C@@H]4[C@@]5(C)CC[C@@H](O)C(C)(C)[C@@H]5CC[C@]43C)[C@@H]2C1. The monoisotopic (exact) mass is 470 g/mol. The predicted octanol–water partition coefficient (Wildman–Crippen LogP) is 7.32. The number of carbonyl (C=O) groups is 1. The average Bonchev–Trinajstić information content (AvgIpc) is 2.77. The van der Waals surface area contributed by atoms with Crippen LogP contribution in [0.2, 0.25) is 0 Å². The lowest BCUT2D eigenvalue weighted by Crippen LogP contribution is -2.64.